The van der Waals surface area contributed by atoms with Crippen molar-refractivity contribution in [1.29, 1.82) is 0 Å². The first kappa shape index (κ1) is 15.9. The van der Waals surface area contributed by atoms with Crippen molar-refractivity contribution >= 4 is 16.5 Å². The fraction of sp³-hybridized carbons (Fsp3) is 0.438. The summed E-state index contributed by atoms with van der Waals surface area (Å²) in [6.45, 7) is 3.98. The number of benzene rings is 1. The van der Waals surface area contributed by atoms with E-state index in [4.69, 9.17) is 5.11 Å². The zero-order valence-corrected chi connectivity index (χ0v) is 13.7. The van der Waals surface area contributed by atoms with Gasteiger partial charge < -0.3 is 15.3 Å². The summed E-state index contributed by atoms with van der Waals surface area (Å²) in [6, 6.07) is 8.11. The minimum Gasteiger partial charge on any atom is -0.392 e. The third-order valence-electron chi connectivity index (χ3n) is 3.35. The van der Waals surface area contributed by atoms with Crippen LogP contribution in [-0.4, -0.2) is 30.7 Å². The number of hydrogen-bond acceptors (Lipinski definition) is 5. The topological polar surface area (TPSA) is 48.4 Å². The summed E-state index contributed by atoms with van der Waals surface area (Å²) in [5, 5.41) is 13.5. The van der Waals surface area contributed by atoms with Crippen LogP contribution in [0, 0.1) is 6.92 Å². The second-order valence-electron chi connectivity index (χ2n) is 5.30. The fourth-order valence-corrected chi connectivity index (χ4v) is 2.97. The first-order chi connectivity index (χ1) is 10.1. The summed E-state index contributed by atoms with van der Waals surface area (Å²) >= 11 is 1.74. The molecule has 5 heteroatoms. The second kappa shape index (κ2) is 7.54. The van der Waals surface area contributed by atoms with Crippen LogP contribution in [0.25, 0.3) is 0 Å². The van der Waals surface area contributed by atoms with Crippen molar-refractivity contribution in [1.82, 2.24) is 10.3 Å². The summed E-state index contributed by atoms with van der Waals surface area (Å²) in [5.74, 6) is 0. The Kier molecular flexibility index (Phi) is 5.73. The fourth-order valence-electron chi connectivity index (χ4n) is 2.01. The van der Waals surface area contributed by atoms with E-state index >= 15 is 0 Å². The third kappa shape index (κ3) is 4.52. The summed E-state index contributed by atoms with van der Waals surface area (Å²) in [5.41, 5.74) is 3.36. The molecule has 2 rings (SSSR count). The van der Waals surface area contributed by atoms with Gasteiger partial charge in [0.05, 0.1) is 12.3 Å². The minimum absolute atomic E-state index is 0.109. The Balaban J connectivity index is 1.78. The highest BCUT2D eigenvalue weighted by atomic mass is 32.1. The number of anilines is 1. The van der Waals surface area contributed by atoms with Crippen LogP contribution in [0.4, 0.5) is 5.13 Å². The average Bonchev–Trinajstić information content (AvgIpc) is 2.86. The predicted molar refractivity (Wildman–Crippen MR) is 89.0 cm³/mol. The molecule has 114 valence electrons. The molecular weight excluding hydrogens is 282 g/mol. The first-order valence-corrected chi connectivity index (χ1v) is 7.95. The number of aliphatic hydroxyl groups is 1. The Bertz CT molecular complexity index is 563. The number of aryl methyl sites for hydroxylation is 1. The lowest BCUT2D eigenvalue weighted by molar-refractivity contribution is 0.282. The Labute approximate surface area is 130 Å². The molecule has 0 saturated carbocycles. The molecule has 4 nitrogen and oxygen atoms in total. The van der Waals surface area contributed by atoms with Gasteiger partial charge in [-0.05, 0) is 31.0 Å². The van der Waals surface area contributed by atoms with Gasteiger partial charge in [0.2, 0.25) is 0 Å². The van der Waals surface area contributed by atoms with Crippen molar-refractivity contribution in [2.24, 2.45) is 0 Å². The minimum atomic E-state index is 0.109. The van der Waals surface area contributed by atoms with E-state index in [0.29, 0.717) is 0 Å². The molecule has 0 radical (unpaired) electrons. The molecule has 1 heterocycles. The van der Waals surface area contributed by atoms with E-state index < -0.39 is 0 Å². The number of aromatic nitrogens is 1. The summed E-state index contributed by atoms with van der Waals surface area (Å²) in [6.07, 6.45) is 0.990. The SMILES string of the molecule is Cc1nc(N(C)C)sc1CNCCc1ccc(CO)cc1. The van der Waals surface area contributed by atoms with Gasteiger partial charge in [-0.2, -0.15) is 0 Å². The average molecular weight is 305 g/mol. The van der Waals surface area contributed by atoms with Crippen molar-refractivity contribution in [2.75, 3.05) is 25.5 Å². The van der Waals surface area contributed by atoms with Crippen LogP contribution >= 0.6 is 11.3 Å². The molecule has 0 fully saturated rings. The molecule has 0 amide bonds. The number of nitrogens with one attached hydrogen (secondary N) is 1. The van der Waals surface area contributed by atoms with Crippen molar-refractivity contribution in [3.05, 3.63) is 46.0 Å². The van der Waals surface area contributed by atoms with Gasteiger partial charge in [-0.25, -0.2) is 4.98 Å². The largest absolute Gasteiger partial charge is 0.392 e. The lowest BCUT2D eigenvalue weighted by atomic mass is 10.1. The molecule has 1 aromatic heterocycles. The molecule has 2 N–H and O–H groups in total. The molecule has 2 aromatic rings. The van der Waals surface area contributed by atoms with E-state index in [1.807, 2.05) is 31.1 Å². The smallest absolute Gasteiger partial charge is 0.185 e. The van der Waals surface area contributed by atoms with Gasteiger partial charge >= 0.3 is 0 Å². The Morgan fingerprint density at radius 3 is 2.43 bits per heavy atom. The Hall–Kier alpha value is -1.43. The van der Waals surface area contributed by atoms with Crippen LogP contribution in [0.5, 0.6) is 0 Å². The van der Waals surface area contributed by atoms with Crippen molar-refractivity contribution in [3.63, 3.8) is 0 Å². The monoisotopic (exact) mass is 305 g/mol. The molecule has 0 aliphatic carbocycles. The standard InChI is InChI=1S/C16H23N3OS/c1-12-15(21-16(18-12)19(2)3)10-17-9-8-13-4-6-14(11-20)7-5-13/h4-7,17,20H,8-11H2,1-3H3. The van der Waals surface area contributed by atoms with Gasteiger partial charge in [-0.1, -0.05) is 24.3 Å². The van der Waals surface area contributed by atoms with E-state index in [1.165, 1.54) is 10.4 Å². The van der Waals surface area contributed by atoms with E-state index in [9.17, 15) is 0 Å². The molecule has 1 aromatic carbocycles. The molecule has 0 atom stereocenters. The molecular formula is C16H23N3OS. The quantitative estimate of drug-likeness (QED) is 0.771. The van der Waals surface area contributed by atoms with Gasteiger partial charge in [0.25, 0.3) is 0 Å². The molecule has 0 saturated heterocycles. The van der Waals surface area contributed by atoms with Crippen molar-refractivity contribution < 1.29 is 5.11 Å². The molecule has 21 heavy (non-hydrogen) atoms. The predicted octanol–water partition coefficient (Wildman–Crippen LogP) is 2.34. The molecule has 0 aliphatic heterocycles. The highest BCUT2D eigenvalue weighted by Gasteiger charge is 2.08. The molecule has 0 unspecified atom stereocenters. The maximum Gasteiger partial charge on any atom is 0.185 e. The van der Waals surface area contributed by atoms with Gasteiger partial charge in [-0.15, -0.1) is 11.3 Å². The maximum atomic E-state index is 9.02. The van der Waals surface area contributed by atoms with Crippen LogP contribution in [0.1, 0.15) is 21.7 Å². The normalized spacial score (nSPS) is 10.9. The second-order valence-corrected chi connectivity index (χ2v) is 6.36. The van der Waals surface area contributed by atoms with Gasteiger partial charge in [0.1, 0.15) is 0 Å². The Morgan fingerprint density at radius 1 is 1.19 bits per heavy atom. The number of rotatable bonds is 7. The van der Waals surface area contributed by atoms with Crippen LogP contribution < -0.4 is 10.2 Å². The Morgan fingerprint density at radius 2 is 1.86 bits per heavy atom. The zero-order valence-electron chi connectivity index (χ0n) is 12.9. The van der Waals surface area contributed by atoms with E-state index in [1.54, 1.807) is 11.3 Å². The first-order valence-electron chi connectivity index (χ1n) is 7.13. The molecule has 0 spiro atoms. The van der Waals surface area contributed by atoms with Crippen LogP contribution in [0.2, 0.25) is 0 Å². The molecule has 0 aliphatic rings. The highest BCUT2D eigenvalue weighted by molar-refractivity contribution is 7.15. The van der Waals surface area contributed by atoms with E-state index in [-0.39, 0.29) is 6.61 Å². The van der Waals surface area contributed by atoms with Crippen molar-refractivity contribution in [3.8, 4) is 0 Å². The van der Waals surface area contributed by atoms with E-state index in [2.05, 4.69) is 29.4 Å². The highest BCUT2D eigenvalue weighted by Crippen LogP contribution is 2.24. The number of nitrogens with zero attached hydrogens (tertiary/aromatic N) is 2. The van der Waals surface area contributed by atoms with Gasteiger partial charge in [-0.3, -0.25) is 0 Å². The summed E-state index contributed by atoms with van der Waals surface area (Å²) in [7, 11) is 4.04. The van der Waals surface area contributed by atoms with Crippen LogP contribution in [0.3, 0.4) is 0 Å². The number of aliphatic hydroxyl groups excluding tert-OH is 1. The van der Waals surface area contributed by atoms with Crippen LogP contribution in [-0.2, 0) is 19.6 Å². The lowest BCUT2D eigenvalue weighted by Crippen LogP contribution is -2.16. The summed E-state index contributed by atoms with van der Waals surface area (Å²) in [4.78, 5) is 7.89. The number of thiazole rings is 1. The van der Waals surface area contributed by atoms with Gasteiger partial charge in [0, 0.05) is 25.5 Å². The third-order valence-corrected chi connectivity index (χ3v) is 4.67. The van der Waals surface area contributed by atoms with Crippen molar-refractivity contribution in [2.45, 2.75) is 26.5 Å². The van der Waals surface area contributed by atoms with Crippen LogP contribution in [0.15, 0.2) is 24.3 Å². The maximum absolute atomic E-state index is 9.02. The summed E-state index contributed by atoms with van der Waals surface area (Å²) < 4.78 is 0. The van der Waals surface area contributed by atoms with Gasteiger partial charge in [0.15, 0.2) is 5.13 Å². The molecule has 0 bridgehead atoms. The zero-order chi connectivity index (χ0) is 15.2. The van der Waals surface area contributed by atoms with E-state index in [0.717, 1.165) is 35.9 Å². The lowest BCUT2D eigenvalue weighted by Gasteiger charge is -2.06. The number of hydrogen-bond donors (Lipinski definition) is 2.